The highest BCUT2D eigenvalue weighted by atomic mass is 32.1. The zero-order valence-corrected chi connectivity index (χ0v) is 11.5. The average molecular weight is 261 g/mol. The van der Waals surface area contributed by atoms with Gasteiger partial charge in [0.15, 0.2) is 5.78 Å². The number of aryl methyl sites for hydroxylation is 2. The number of nitrogens with zero attached hydrogens (tertiary/aromatic N) is 1. The molecule has 2 aromatic rings. The van der Waals surface area contributed by atoms with Crippen molar-refractivity contribution < 1.29 is 9.53 Å². The van der Waals surface area contributed by atoms with Crippen molar-refractivity contribution in [1.29, 1.82) is 0 Å². The maximum Gasteiger partial charge on any atom is 0.163 e. The first-order valence-electron chi connectivity index (χ1n) is 5.73. The molecular formula is C14H15NO2S. The van der Waals surface area contributed by atoms with Crippen molar-refractivity contribution in [3.05, 3.63) is 45.4 Å². The number of Topliss-reactive ketones (excluding diaryl/α,β-unsaturated/α-hetero) is 1. The van der Waals surface area contributed by atoms with Crippen molar-refractivity contribution in [2.45, 2.75) is 27.4 Å². The second-order valence-corrected chi connectivity index (χ2v) is 5.38. The van der Waals surface area contributed by atoms with Crippen LogP contribution in [0, 0.1) is 13.8 Å². The van der Waals surface area contributed by atoms with Crippen molar-refractivity contribution in [2.24, 2.45) is 0 Å². The summed E-state index contributed by atoms with van der Waals surface area (Å²) >= 11 is 1.63. The quantitative estimate of drug-likeness (QED) is 0.790. The summed E-state index contributed by atoms with van der Waals surface area (Å²) in [5.74, 6) is 0.632. The molecule has 0 saturated carbocycles. The highest BCUT2D eigenvalue weighted by molar-refractivity contribution is 7.11. The lowest BCUT2D eigenvalue weighted by Gasteiger charge is -2.07. The molecule has 1 heterocycles. The van der Waals surface area contributed by atoms with Crippen LogP contribution in [-0.4, -0.2) is 10.8 Å². The first kappa shape index (κ1) is 12.8. The minimum absolute atomic E-state index is 0.0112. The maximum atomic E-state index is 11.4. The number of thiazole rings is 1. The summed E-state index contributed by atoms with van der Waals surface area (Å²) < 4.78 is 5.68. The fourth-order valence-corrected chi connectivity index (χ4v) is 2.47. The molecule has 0 aliphatic rings. The third-order valence-electron chi connectivity index (χ3n) is 2.69. The molecule has 94 valence electrons. The van der Waals surface area contributed by atoms with E-state index in [1.54, 1.807) is 24.3 Å². The van der Waals surface area contributed by atoms with E-state index in [1.807, 2.05) is 32.0 Å². The molecule has 4 heteroatoms. The number of benzene rings is 1. The number of carbonyl (C=O) groups is 1. The van der Waals surface area contributed by atoms with Gasteiger partial charge in [-0.2, -0.15) is 0 Å². The van der Waals surface area contributed by atoms with Crippen LogP contribution in [0.15, 0.2) is 24.3 Å². The van der Waals surface area contributed by atoms with Gasteiger partial charge in [-0.05, 0) is 32.9 Å². The molecule has 1 aromatic heterocycles. The topological polar surface area (TPSA) is 39.2 Å². The number of aromatic nitrogens is 1. The first-order chi connectivity index (χ1) is 8.58. The minimum Gasteiger partial charge on any atom is -0.486 e. The first-order valence-corrected chi connectivity index (χ1v) is 6.55. The highest BCUT2D eigenvalue weighted by Gasteiger charge is 2.09. The third kappa shape index (κ3) is 2.76. The van der Waals surface area contributed by atoms with Crippen LogP contribution in [0.4, 0.5) is 0 Å². The second kappa shape index (κ2) is 5.31. The van der Waals surface area contributed by atoms with Gasteiger partial charge in [0.2, 0.25) is 0 Å². The van der Waals surface area contributed by atoms with Gasteiger partial charge in [0.1, 0.15) is 17.4 Å². The van der Waals surface area contributed by atoms with E-state index in [4.69, 9.17) is 4.74 Å². The van der Waals surface area contributed by atoms with Gasteiger partial charge in [-0.1, -0.05) is 12.1 Å². The van der Waals surface area contributed by atoms with Gasteiger partial charge in [-0.3, -0.25) is 4.79 Å². The molecule has 2 rings (SSSR count). The molecule has 0 N–H and O–H groups in total. The fraction of sp³-hybridized carbons (Fsp3) is 0.286. The molecule has 0 amide bonds. The molecule has 0 bridgehead atoms. The van der Waals surface area contributed by atoms with Gasteiger partial charge < -0.3 is 4.74 Å². The molecule has 0 saturated heterocycles. The maximum absolute atomic E-state index is 11.4. The van der Waals surface area contributed by atoms with Crippen molar-refractivity contribution in [1.82, 2.24) is 4.98 Å². The Balaban J connectivity index is 2.13. The standard InChI is InChI=1S/C14H15NO2S/c1-9-11(3)18-14(15-9)8-17-13-7-5-4-6-12(13)10(2)16/h4-7H,8H2,1-3H3. The van der Waals surface area contributed by atoms with Crippen LogP contribution < -0.4 is 4.74 Å². The Labute approximate surface area is 110 Å². The Morgan fingerprint density at radius 1 is 1.33 bits per heavy atom. The fourth-order valence-electron chi connectivity index (χ4n) is 1.62. The van der Waals surface area contributed by atoms with E-state index in [9.17, 15) is 4.79 Å². The molecule has 0 aliphatic heterocycles. The summed E-state index contributed by atoms with van der Waals surface area (Å²) in [4.78, 5) is 17.1. The van der Waals surface area contributed by atoms with Crippen molar-refractivity contribution in [3.8, 4) is 5.75 Å². The van der Waals surface area contributed by atoms with E-state index >= 15 is 0 Å². The molecule has 0 spiro atoms. The number of ketones is 1. The zero-order valence-electron chi connectivity index (χ0n) is 10.7. The summed E-state index contributed by atoms with van der Waals surface area (Å²) in [5.41, 5.74) is 1.65. The molecule has 0 fully saturated rings. The van der Waals surface area contributed by atoms with Crippen LogP contribution in [0.2, 0.25) is 0 Å². The van der Waals surface area contributed by atoms with Crippen molar-refractivity contribution >= 4 is 17.1 Å². The molecule has 0 radical (unpaired) electrons. The van der Waals surface area contributed by atoms with Crippen molar-refractivity contribution in [2.75, 3.05) is 0 Å². The van der Waals surface area contributed by atoms with Gasteiger partial charge in [-0.25, -0.2) is 4.98 Å². The Kier molecular flexibility index (Phi) is 3.77. The molecule has 0 atom stereocenters. The number of para-hydroxylation sites is 1. The summed E-state index contributed by atoms with van der Waals surface area (Å²) in [6, 6.07) is 7.28. The van der Waals surface area contributed by atoms with E-state index in [2.05, 4.69) is 4.98 Å². The van der Waals surface area contributed by atoms with Crippen molar-refractivity contribution in [3.63, 3.8) is 0 Å². The number of ether oxygens (including phenoxy) is 1. The Morgan fingerprint density at radius 3 is 2.67 bits per heavy atom. The van der Waals surface area contributed by atoms with E-state index < -0.39 is 0 Å². The Hall–Kier alpha value is -1.68. The second-order valence-electron chi connectivity index (χ2n) is 4.09. The van der Waals surface area contributed by atoms with Crippen LogP contribution in [0.3, 0.4) is 0 Å². The van der Waals surface area contributed by atoms with Crippen LogP contribution in [0.25, 0.3) is 0 Å². The molecule has 0 unspecified atom stereocenters. The van der Waals surface area contributed by atoms with Crippen LogP contribution in [0.5, 0.6) is 5.75 Å². The monoisotopic (exact) mass is 261 g/mol. The van der Waals surface area contributed by atoms with Crippen LogP contribution >= 0.6 is 11.3 Å². The normalized spacial score (nSPS) is 10.4. The molecule has 0 aliphatic carbocycles. The highest BCUT2D eigenvalue weighted by Crippen LogP contribution is 2.22. The van der Waals surface area contributed by atoms with Gasteiger partial charge in [0, 0.05) is 4.88 Å². The number of carbonyl (C=O) groups excluding carboxylic acids is 1. The van der Waals surface area contributed by atoms with Crippen LogP contribution in [-0.2, 0) is 6.61 Å². The lowest BCUT2D eigenvalue weighted by atomic mass is 10.1. The predicted octanol–water partition coefficient (Wildman–Crippen LogP) is 3.54. The van der Waals surface area contributed by atoms with Gasteiger partial charge >= 0.3 is 0 Å². The summed E-state index contributed by atoms with van der Waals surface area (Å²) in [7, 11) is 0. The number of rotatable bonds is 4. The largest absolute Gasteiger partial charge is 0.486 e. The lowest BCUT2D eigenvalue weighted by Crippen LogP contribution is -2.01. The third-order valence-corrected chi connectivity index (χ3v) is 3.74. The summed E-state index contributed by atoms with van der Waals surface area (Å²) in [5, 5.41) is 0.934. The molecule has 1 aromatic carbocycles. The zero-order chi connectivity index (χ0) is 13.1. The SMILES string of the molecule is CC(=O)c1ccccc1OCc1nc(C)c(C)s1. The lowest BCUT2D eigenvalue weighted by molar-refractivity contribution is 0.101. The van der Waals surface area contributed by atoms with E-state index in [0.717, 1.165) is 10.7 Å². The molecule has 18 heavy (non-hydrogen) atoms. The predicted molar refractivity (Wildman–Crippen MR) is 72.4 cm³/mol. The van der Waals surface area contributed by atoms with Crippen LogP contribution in [0.1, 0.15) is 32.9 Å². The molecule has 3 nitrogen and oxygen atoms in total. The number of hydrogen-bond acceptors (Lipinski definition) is 4. The smallest absolute Gasteiger partial charge is 0.163 e. The summed E-state index contributed by atoms with van der Waals surface area (Å²) in [6.07, 6.45) is 0. The number of hydrogen-bond donors (Lipinski definition) is 0. The minimum atomic E-state index is 0.0112. The Bertz CT molecular complexity index is 555. The molecular weight excluding hydrogens is 246 g/mol. The van der Waals surface area contributed by atoms with E-state index in [0.29, 0.717) is 17.9 Å². The summed E-state index contributed by atoms with van der Waals surface area (Å²) in [6.45, 7) is 5.97. The van der Waals surface area contributed by atoms with E-state index in [-0.39, 0.29) is 5.78 Å². The Morgan fingerprint density at radius 2 is 2.06 bits per heavy atom. The van der Waals surface area contributed by atoms with E-state index in [1.165, 1.54) is 4.88 Å². The van der Waals surface area contributed by atoms with Gasteiger partial charge in [0.05, 0.1) is 11.3 Å². The van der Waals surface area contributed by atoms with Gasteiger partial charge in [0.25, 0.3) is 0 Å². The van der Waals surface area contributed by atoms with Gasteiger partial charge in [-0.15, -0.1) is 11.3 Å². The average Bonchev–Trinajstić information content (AvgIpc) is 2.66.